The van der Waals surface area contributed by atoms with E-state index in [1.54, 1.807) is 18.2 Å². The first-order chi connectivity index (χ1) is 12.0. The van der Waals surface area contributed by atoms with Gasteiger partial charge in [0.1, 0.15) is 0 Å². The minimum atomic E-state index is -0.224. The largest absolute Gasteiger partial charge is 0.503 e. The molecule has 0 aliphatic carbocycles. The van der Waals surface area contributed by atoms with Crippen LogP contribution in [0.25, 0.3) is 18.3 Å². The number of para-hydroxylation sites is 1. The van der Waals surface area contributed by atoms with Gasteiger partial charge in [0, 0.05) is 0 Å². The van der Waals surface area contributed by atoms with E-state index in [1.807, 2.05) is 37.3 Å². The summed E-state index contributed by atoms with van der Waals surface area (Å²) in [5, 5.41) is 13.9. The van der Waals surface area contributed by atoms with Gasteiger partial charge in [0.2, 0.25) is 0 Å². The van der Waals surface area contributed by atoms with Gasteiger partial charge in [-0.1, -0.05) is 36.4 Å². The van der Waals surface area contributed by atoms with Gasteiger partial charge in [-0.2, -0.15) is 0 Å². The van der Waals surface area contributed by atoms with Gasteiger partial charge >= 0.3 is 0 Å². The molecule has 0 bridgehead atoms. The van der Waals surface area contributed by atoms with Crippen LogP contribution in [-0.4, -0.2) is 21.5 Å². The fraction of sp³-hybridized carbons (Fsp3) is 0.105. The molecular weight excluding hydrogens is 340 g/mol. The van der Waals surface area contributed by atoms with E-state index in [0.717, 1.165) is 5.69 Å². The number of rotatable bonds is 4. The predicted octanol–water partition coefficient (Wildman–Crippen LogP) is 2.16. The van der Waals surface area contributed by atoms with Crippen molar-refractivity contribution < 1.29 is 9.84 Å². The van der Waals surface area contributed by atoms with E-state index < -0.39 is 0 Å². The maximum atomic E-state index is 12.7. The van der Waals surface area contributed by atoms with Gasteiger partial charge in [-0.25, -0.2) is 4.68 Å². The molecule has 3 rings (SSSR count). The molecule has 0 saturated heterocycles. The van der Waals surface area contributed by atoms with Crippen molar-refractivity contribution in [1.29, 1.82) is 0 Å². The summed E-state index contributed by atoms with van der Waals surface area (Å²) >= 11 is 6.04. The minimum Gasteiger partial charge on any atom is -0.503 e. The first kappa shape index (κ1) is 16.9. The van der Waals surface area contributed by atoms with Crippen LogP contribution in [0.4, 0.5) is 0 Å². The summed E-state index contributed by atoms with van der Waals surface area (Å²) in [4.78, 5) is 12.7. The highest BCUT2D eigenvalue weighted by Crippen LogP contribution is 2.35. The second-order valence-electron chi connectivity index (χ2n) is 5.41. The molecule has 0 saturated carbocycles. The first-order valence-corrected chi connectivity index (χ1v) is 8.11. The number of H-pyrrole nitrogens is 1. The molecular formula is C19H17ClN2O3. The molecule has 6 heteroatoms. The van der Waals surface area contributed by atoms with E-state index in [2.05, 4.69) is 11.7 Å². The molecule has 25 heavy (non-hydrogen) atoms. The van der Waals surface area contributed by atoms with Crippen molar-refractivity contribution in [3.63, 3.8) is 0 Å². The molecule has 0 spiro atoms. The number of hydrogen-bond donors (Lipinski definition) is 2. The summed E-state index contributed by atoms with van der Waals surface area (Å²) < 4.78 is 6.80. The van der Waals surface area contributed by atoms with Crippen molar-refractivity contribution >= 4 is 24.3 Å². The van der Waals surface area contributed by atoms with Gasteiger partial charge in [-0.3, -0.25) is 9.89 Å². The Morgan fingerprint density at radius 1 is 1.32 bits per heavy atom. The van der Waals surface area contributed by atoms with Crippen LogP contribution in [-0.2, 0) is 0 Å². The lowest BCUT2D eigenvalue weighted by molar-refractivity contribution is 0.318. The zero-order valence-corrected chi connectivity index (χ0v) is 14.4. The number of phenols is 1. The molecule has 0 aliphatic heterocycles. The van der Waals surface area contributed by atoms with E-state index in [9.17, 15) is 9.90 Å². The molecule has 2 aromatic carbocycles. The van der Waals surface area contributed by atoms with Crippen molar-refractivity contribution in [3.05, 3.63) is 74.0 Å². The highest BCUT2D eigenvalue weighted by molar-refractivity contribution is 6.32. The molecule has 0 fully saturated rings. The number of halogens is 1. The first-order valence-electron chi connectivity index (χ1n) is 7.73. The summed E-state index contributed by atoms with van der Waals surface area (Å²) in [6.07, 6.45) is 1.66. The predicted molar refractivity (Wildman–Crippen MR) is 99.0 cm³/mol. The molecule has 0 aliphatic rings. The SMILES string of the molecule is C=c1[nH]n(-c2ccccc2)c(=O)/c1=C/c1cc(Cl)c(O)c(OCC)c1. The summed E-state index contributed by atoms with van der Waals surface area (Å²) in [6, 6.07) is 12.4. The van der Waals surface area contributed by atoms with Crippen molar-refractivity contribution in [2.75, 3.05) is 6.61 Å². The Balaban J connectivity index is 2.17. The summed E-state index contributed by atoms with van der Waals surface area (Å²) in [5.74, 6) is 0.150. The number of aromatic hydroxyl groups is 1. The maximum Gasteiger partial charge on any atom is 0.279 e. The molecule has 1 heterocycles. The summed E-state index contributed by atoms with van der Waals surface area (Å²) in [6.45, 7) is 6.10. The Labute approximate surface area is 149 Å². The number of benzene rings is 2. The summed E-state index contributed by atoms with van der Waals surface area (Å²) in [5.41, 5.74) is 1.13. The highest BCUT2D eigenvalue weighted by atomic mass is 35.5. The normalized spacial score (nSPS) is 11.7. The number of nitrogens with zero attached hydrogens (tertiary/aromatic N) is 1. The number of aromatic amines is 1. The summed E-state index contributed by atoms with van der Waals surface area (Å²) in [7, 11) is 0. The zero-order chi connectivity index (χ0) is 18.0. The number of ether oxygens (including phenoxy) is 1. The van der Waals surface area contributed by atoms with E-state index in [1.165, 1.54) is 4.68 Å². The number of hydrogen-bond acceptors (Lipinski definition) is 3. The molecule has 2 N–H and O–H groups in total. The Morgan fingerprint density at radius 3 is 2.72 bits per heavy atom. The molecule has 0 unspecified atom stereocenters. The van der Waals surface area contributed by atoms with Crippen LogP contribution in [0.5, 0.6) is 11.5 Å². The number of aromatic nitrogens is 2. The quantitative estimate of drug-likeness (QED) is 0.752. The monoisotopic (exact) mass is 356 g/mol. The van der Waals surface area contributed by atoms with Gasteiger partial charge in [0.15, 0.2) is 11.5 Å². The maximum absolute atomic E-state index is 12.7. The van der Waals surface area contributed by atoms with Crippen molar-refractivity contribution in [3.8, 4) is 17.2 Å². The molecule has 5 nitrogen and oxygen atoms in total. The van der Waals surface area contributed by atoms with Gasteiger partial charge in [0.05, 0.1) is 27.9 Å². The van der Waals surface area contributed by atoms with Crippen LogP contribution in [0.3, 0.4) is 0 Å². The van der Waals surface area contributed by atoms with E-state index >= 15 is 0 Å². The zero-order valence-electron chi connectivity index (χ0n) is 13.6. The third-order valence-electron chi connectivity index (χ3n) is 3.68. The molecule has 0 amide bonds. The van der Waals surface area contributed by atoms with E-state index in [-0.39, 0.29) is 22.1 Å². The Bertz CT molecular complexity index is 1070. The fourth-order valence-electron chi connectivity index (χ4n) is 2.51. The van der Waals surface area contributed by atoms with Gasteiger partial charge in [0.25, 0.3) is 5.56 Å². The van der Waals surface area contributed by atoms with Crippen molar-refractivity contribution in [2.45, 2.75) is 6.92 Å². The highest BCUT2D eigenvalue weighted by Gasteiger charge is 2.10. The number of phenolic OH excluding ortho intramolecular Hbond substituents is 1. The lowest BCUT2D eigenvalue weighted by Crippen LogP contribution is -2.33. The van der Waals surface area contributed by atoms with Crippen LogP contribution in [0, 0.1) is 0 Å². The standard InChI is InChI=1S/C19H17ClN2O3/c1-3-25-17-11-13(10-16(20)18(17)23)9-15-12(2)21-22(19(15)24)14-7-5-4-6-8-14/h4-11,21,23H,2-3H2,1H3/b15-9+. The molecule has 1 aromatic heterocycles. The molecule has 3 aromatic rings. The third kappa shape index (κ3) is 3.32. The number of nitrogens with one attached hydrogen (secondary N) is 1. The van der Waals surface area contributed by atoms with E-state index in [4.69, 9.17) is 16.3 Å². The lowest BCUT2D eigenvalue weighted by Gasteiger charge is -2.08. The Morgan fingerprint density at radius 2 is 2.04 bits per heavy atom. The van der Waals surface area contributed by atoms with Crippen LogP contribution >= 0.6 is 11.6 Å². The smallest absolute Gasteiger partial charge is 0.279 e. The molecule has 0 radical (unpaired) electrons. The van der Waals surface area contributed by atoms with Crippen LogP contribution in [0.15, 0.2) is 47.3 Å². The molecule has 0 atom stereocenters. The average molecular weight is 357 g/mol. The molecule has 128 valence electrons. The minimum absolute atomic E-state index is 0.119. The van der Waals surface area contributed by atoms with E-state index in [0.29, 0.717) is 22.7 Å². The van der Waals surface area contributed by atoms with Crippen LogP contribution in [0.1, 0.15) is 12.5 Å². The van der Waals surface area contributed by atoms with Gasteiger partial charge in [-0.05, 0) is 42.8 Å². The average Bonchev–Trinajstić information content (AvgIpc) is 2.88. The Kier molecular flexibility index (Phi) is 4.67. The topological polar surface area (TPSA) is 67.2 Å². The van der Waals surface area contributed by atoms with Gasteiger partial charge < -0.3 is 9.84 Å². The Hall–Kier alpha value is -2.92. The van der Waals surface area contributed by atoms with Crippen LogP contribution in [0.2, 0.25) is 5.02 Å². The third-order valence-corrected chi connectivity index (χ3v) is 3.97. The second kappa shape index (κ2) is 6.91. The van der Waals surface area contributed by atoms with Crippen molar-refractivity contribution in [2.24, 2.45) is 0 Å². The van der Waals surface area contributed by atoms with Crippen LogP contribution < -0.4 is 20.9 Å². The van der Waals surface area contributed by atoms with Gasteiger partial charge in [-0.15, -0.1) is 0 Å². The van der Waals surface area contributed by atoms with Crippen molar-refractivity contribution in [1.82, 2.24) is 9.78 Å². The second-order valence-corrected chi connectivity index (χ2v) is 5.81. The fourth-order valence-corrected chi connectivity index (χ4v) is 2.73. The lowest BCUT2D eigenvalue weighted by atomic mass is 10.1.